The van der Waals surface area contributed by atoms with Gasteiger partial charge in [0.25, 0.3) is 11.5 Å². The number of amides is 1. The standard InChI is InChI=1S/C16H11ClN2O3/c17-9-4-3-5-10(8-9)18-15(21)13-14(20)11-6-1-2-7-12(11)19-16(13)22/h1-8H,(H,18,21)(H2,19,20,22). The number of carbonyl (C=O) groups is 1. The number of para-hydroxylation sites is 1. The summed E-state index contributed by atoms with van der Waals surface area (Å²) < 4.78 is 0. The van der Waals surface area contributed by atoms with Crippen molar-refractivity contribution in [1.29, 1.82) is 0 Å². The number of benzene rings is 2. The number of aromatic nitrogens is 1. The molecule has 0 aliphatic rings. The molecule has 1 heterocycles. The van der Waals surface area contributed by atoms with E-state index >= 15 is 0 Å². The Labute approximate surface area is 130 Å². The van der Waals surface area contributed by atoms with Crippen LogP contribution in [0.25, 0.3) is 10.9 Å². The molecule has 0 aliphatic carbocycles. The highest BCUT2D eigenvalue weighted by molar-refractivity contribution is 6.31. The largest absolute Gasteiger partial charge is 0.506 e. The highest BCUT2D eigenvalue weighted by Gasteiger charge is 2.19. The van der Waals surface area contributed by atoms with Gasteiger partial charge in [0, 0.05) is 16.1 Å². The van der Waals surface area contributed by atoms with Gasteiger partial charge in [-0.2, -0.15) is 0 Å². The van der Waals surface area contributed by atoms with Gasteiger partial charge < -0.3 is 15.4 Å². The fourth-order valence-corrected chi connectivity index (χ4v) is 2.39. The van der Waals surface area contributed by atoms with Crippen LogP contribution in [0.1, 0.15) is 10.4 Å². The number of anilines is 1. The van der Waals surface area contributed by atoms with Gasteiger partial charge in [0.2, 0.25) is 0 Å². The second-order valence-corrected chi connectivity index (χ2v) is 5.12. The Morgan fingerprint density at radius 3 is 2.68 bits per heavy atom. The van der Waals surface area contributed by atoms with E-state index in [0.717, 1.165) is 0 Å². The van der Waals surface area contributed by atoms with E-state index in [1.54, 1.807) is 48.5 Å². The van der Waals surface area contributed by atoms with Crippen molar-refractivity contribution in [1.82, 2.24) is 4.98 Å². The Morgan fingerprint density at radius 1 is 1.14 bits per heavy atom. The van der Waals surface area contributed by atoms with Crippen molar-refractivity contribution in [3.8, 4) is 5.75 Å². The molecule has 0 radical (unpaired) electrons. The topological polar surface area (TPSA) is 82.2 Å². The molecule has 0 spiro atoms. The van der Waals surface area contributed by atoms with Crippen LogP contribution in [0.3, 0.4) is 0 Å². The zero-order valence-electron chi connectivity index (χ0n) is 11.3. The van der Waals surface area contributed by atoms with E-state index in [1.165, 1.54) is 0 Å². The number of rotatable bonds is 2. The molecule has 2 aromatic carbocycles. The molecule has 1 aromatic heterocycles. The monoisotopic (exact) mass is 314 g/mol. The van der Waals surface area contributed by atoms with Gasteiger partial charge in [-0.25, -0.2) is 0 Å². The first kappa shape index (κ1) is 14.2. The molecular weight excluding hydrogens is 304 g/mol. The minimum Gasteiger partial charge on any atom is -0.506 e. The van der Waals surface area contributed by atoms with Gasteiger partial charge in [-0.3, -0.25) is 9.59 Å². The molecule has 3 rings (SSSR count). The van der Waals surface area contributed by atoms with Gasteiger partial charge in [-0.05, 0) is 30.3 Å². The fraction of sp³-hybridized carbons (Fsp3) is 0. The quantitative estimate of drug-likeness (QED) is 0.679. The number of pyridine rings is 1. The second-order valence-electron chi connectivity index (χ2n) is 4.69. The Hall–Kier alpha value is -2.79. The van der Waals surface area contributed by atoms with Gasteiger partial charge >= 0.3 is 0 Å². The second kappa shape index (κ2) is 5.54. The van der Waals surface area contributed by atoms with Crippen molar-refractivity contribution in [3.63, 3.8) is 0 Å². The normalized spacial score (nSPS) is 10.6. The van der Waals surface area contributed by atoms with Crippen LogP contribution in [0.5, 0.6) is 5.75 Å². The molecular formula is C16H11ClN2O3. The van der Waals surface area contributed by atoms with Crippen LogP contribution in [0.2, 0.25) is 5.02 Å². The van der Waals surface area contributed by atoms with Crippen LogP contribution >= 0.6 is 11.6 Å². The lowest BCUT2D eigenvalue weighted by Gasteiger charge is -2.08. The number of halogens is 1. The maximum Gasteiger partial charge on any atom is 0.265 e. The first-order chi connectivity index (χ1) is 10.6. The van der Waals surface area contributed by atoms with Crippen molar-refractivity contribution in [3.05, 3.63) is 69.5 Å². The summed E-state index contributed by atoms with van der Waals surface area (Å²) in [5.74, 6) is -1.05. The third-order valence-electron chi connectivity index (χ3n) is 3.20. The van der Waals surface area contributed by atoms with E-state index in [9.17, 15) is 14.7 Å². The van der Waals surface area contributed by atoms with Crippen LogP contribution in [0.15, 0.2) is 53.3 Å². The van der Waals surface area contributed by atoms with Crippen LogP contribution < -0.4 is 10.9 Å². The van der Waals surface area contributed by atoms with Crippen LogP contribution in [0, 0.1) is 0 Å². The maximum absolute atomic E-state index is 12.3. The van der Waals surface area contributed by atoms with E-state index in [-0.39, 0.29) is 11.3 Å². The smallest absolute Gasteiger partial charge is 0.265 e. The zero-order valence-corrected chi connectivity index (χ0v) is 12.0. The number of nitrogens with one attached hydrogen (secondary N) is 2. The summed E-state index contributed by atoms with van der Waals surface area (Å²) in [6.45, 7) is 0. The van der Waals surface area contributed by atoms with Gasteiger partial charge in [0.15, 0.2) is 0 Å². The molecule has 0 saturated carbocycles. The summed E-state index contributed by atoms with van der Waals surface area (Å²) in [4.78, 5) is 26.9. The van der Waals surface area contributed by atoms with E-state index in [0.29, 0.717) is 21.6 Å². The Morgan fingerprint density at radius 2 is 1.91 bits per heavy atom. The van der Waals surface area contributed by atoms with Gasteiger partial charge in [-0.15, -0.1) is 0 Å². The molecule has 0 aliphatic heterocycles. The highest BCUT2D eigenvalue weighted by atomic mass is 35.5. The average molecular weight is 315 g/mol. The minimum absolute atomic E-state index is 0.335. The van der Waals surface area contributed by atoms with Crippen LogP contribution in [0.4, 0.5) is 5.69 Å². The molecule has 22 heavy (non-hydrogen) atoms. The zero-order chi connectivity index (χ0) is 15.7. The third-order valence-corrected chi connectivity index (χ3v) is 3.44. The molecule has 6 heteroatoms. The Balaban J connectivity index is 2.06. The molecule has 0 atom stereocenters. The molecule has 3 N–H and O–H groups in total. The van der Waals surface area contributed by atoms with Crippen LogP contribution in [-0.2, 0) is 0 Å². The lowest BCUT2D eigenvalue weighted by Crippen LogP contribution is -2.23. The first-order valence-corrected chi connectivity index (χ1v) is 6.85. The lowest BCUT2D eigenvalue weighted by atomic mass is 10.1. The number of carbonyl (C=O) groups excluding carboxylic acids is 1. The predicted octanol–water partition coefficient (Wildman–Crippen LogP) is 3.14. The van der Waals surface area contributed by atoms with E-state index in [2.05, 4.69) is 10.3 Å². The number of H-pyrrole nitrogens is 1. The molecule has 0 unspecified atom stereocenters. The highest BCUT2D eigenvalue weighted by Crippen LogP contribution is 2.25. The number of hydrogen-bond donors (Lipinski definition) is 3. The number of hydrogen-bond acceptors (Lipinski definition) is 3. The molecule has 3 aromatic rings. The summed E-state index contributed by atoms with van der Waals surface area (Å²) in [6.07, 6.45) is 0. The van der Waals surface area contributed by atoms with E-state index < -0.39 is 11.5 Å². The number of aromatic amines is 1. The number of fused-ring (bicyclic) bond motifs is 1. The van der Waals surface area contributed by atoms with Gasteiger partial charge in [0.1, 0.15) is 11.3 Å². The van der Waals surface area contributed by atoms with Gasteiger partial charge in [-0.1, -0.05) is 29.8 Å². The minimum atomic E-state index is -0.702. The summed E-state index contributed by atoms with van der Waals surface area (Å²) in [5.41, 5.74) is -0.0943. The van der Waals surface area contributed by atoms with Crippen molar-refractivity contribution in [2.75, 3.05) is 5.32 Å². The molecule has 5 nitrogen and oxygen atoms in total. The predicted molar refractivity (Wildman–Crippen MR) is 85.6 cm³/mol. The van der Waals surface area contributed by atoms with Crippen molar-refractivity contribution in [2.45, 2.75) is 0 Å². The average Bonchev–Trinajstić information content (AvgIpc) is 2.47. The summed E-state index contributed by atoms with van der Waals surface area (Å²) in [5, 5.41) is 13.6. The fourth-order valence-electron chi connectivity index (χ4n) is 2.20. The molecule has 110 valence electrons. The summed E-state index contributed by atoms with van der Waals surface area (Å²) >= 11 is 5.85. The SMILES string of the molecule is O=C(Nc1cccc(Cl)c1)c1c(O)c2ccccc2[nH]c1=O. The molecule has 0 fully saturated rings. The first-order valence-electron chi connectivity index (χ1n) is 6.47. The summed E-state index contributed by atoms with van der Waals surface area (Å²) in [6, 6.07) is 13.2. The van der Waals surface area contributed by atoms with Crippen LogP contribution in [-0.4, -0.2) is 16.0 Å². The lowest BCUT2D eigenvalue weighted by molar-refractivity contribution is 0.102. The van der Waals surface area contributed by atoms with Crippen molar-refractivity contribution >= 4 is 34.1 Å². The van der Waals surface area contributed by atoms with Crippen molar-refractivity contribution in [2.24, 2.45) is 0 Å². The Kier molecular flexibility index (Phi) is 3.56. The Bertz CT molecular complexity index is 934. The maximum atomic E-state index is 12.3. The van der Waals surface area contributed by atoms with Gasteiger partial charge in [0.05, 0.1) is 5.52 Å². The number of aromatic hydroxyl groups is 1. The summed E-state index contributed by atoms with van der Waals surface area (Å²) in [7, 11) is 0. The third kappa shape index (κ3) is 2.54. The van der Waals surface area contributed by atoms with E-state index in [1.807, 2.05) is 0 Å². The molecule has 0 saturated heterocycles. The van der Waals surface area contributed by atoms with Crippen molar-refractivity contribution < 1.29 is 9.90 Å². The molecule has 0 bridgehead atoms. The molecule has 1 amide bonds. The van der Waals surface area contributed by atoms with E-state index in [4.69, 9.17) is 11.6 Å².